The van der Waals surface area contributed by atoms with Crippen molar-refractivity contribution >= 4 is 33.6 Å². The monoisotopic (exact) mass is 415 g/mol. The smallest absolute Gasteiger partial charge is 0.358 e. The molecule has 2 aromatic rings. The van der Waals surface area contributed by atoms with E-state index < -0.39 is 34.1 Å². The van der Waals surface area contributed by atoms with Gasteiger partial charge in [-0.15, -0.1) is 0 Å². The van der Waals surface area contributed by atoms with Crippen LogP contribution in [0.3, 0.4) is 0 Å². The molecule has 0 aliphatic heterocycles. The highest BCUT2D eigenvalue weighted by molar-refractivity contribution is 9.10. The van der Waals surface area contributed by atoms with Crippen molar-refractivity contribution in [2.45, 2.75) is 6.92 Å². The van der Waals surface area contributed by atoms with E-state index in [1.165, 1.54) is 6.92 Å². The lowest BCUT2D eigenvalue weighted by Crippen LogP contribution is -2.15. The summed E-state index contributed by atoms with van der Waals surface area (Å²) in [5.41, 5.74) is -1.34. The summed E-state index contributed by atoms with van der Waals surface area (Å²) in [4.78, 5) is 37.9. The zero-order chi connectivity index (χ0) is 18.7. The van der Waals surface area contributed by atoms with E-state index in [2.05, 4.69) is 25.7 Å². The molecule has 0 atom stereocenters. The normalized spacial score (nSPS) is 10.4. The van der Waals surface area contributed by atoms with E-state index in [-0.39, 0.29) is 22.5 Å². The Kier molecular flexibility index (Phi) is 5.47. The Morgan fingerprint density at radius 2 is 2.12 bits per heavy atom. The minimum Gasteiger partial charge on any atom is -0.465 e. The number of methoxy groups -OCH3 is 1. The molecule has 0 fully saturated rings. The van der Waals surface area contributed by atoms with Crippen LogP contribution in [-0.2, 0) is 9.47 Å². The van der Waals surface area contributed by atoms with Gasteiger partial charge in [0, 0.05) is 18.5 Å². The highest BCUT2D eigenvalue weighted by Crippen LogP contribution is 2.29. The average Bonchev–Trinajstić information content (AvgIpc) is 2.88. The van der Waals surface area contributed by atoms with E-state index >= 15 is 0 Å². The highest BCUT2D eigenvalue weighted by Gasteiger charge is 2.29. The number of hydrogen-bond acceptors (Lipinski definition) is 7. The Balaban J connectivity index is 2.70. The van der Waals surface area contributed by atoms with Crippen LogP contribution in [0.15, 0.2) is 22.9 Å². The molecule has 0 aromatic carbocycles. The number of carbonyl (C=O) groups excluding carboxylic acids is 2. The van der Waals surface area contributed by atoms with Crippen molar-refractivity contribution in [2.75, 3.05) is 13.7 Å². The molecule has 0 amide bonds. The molecule has 0 N–H and O–H groups in total. The van der Waals surface area contributed by atoms with Crippen LogP contribution in [0.4, 0.5) is 10.1 Å². The first-order valence-electron chi connectivity index (χ1n) is 6.78. The van der Waals surface area contributed by atoms with E-state index in [1.54, 1.807) is 0 Å². The zero-order valence-electron chi connectivity index (χ0n) is 13.0. The predicted octanol–water partition coefficient (Wildman–Crippen LogP) is 2.65. The number of esters is 2. The number of hydrogen-bond donors (Lipinski definition) is 0. The molecule has 0 aliphatic rings. The summed E-state index contributed by atoms with van der Waals surface area (Å²) < 4.78 is 24.3. The standard InChI is InChI=1S/C14H11BrFN3O6/c1-3-25-14(21)11-10(16)8(15)6-18(11)12-9(19(22)23)4-7(5-17-12)13(20)24-2/h4-6H,3H2,1-2H3. The minimum absolute atomic E-state index is 0.0160. The second-order valence-corrected chi connectivity index (χ2v) is 5.40. The third-order valence-electron chi connectivity index (χ3n) is 3.06. The van der Waals surface area contributed by atoms with Crippen LogP contribution in [0.5, 0.6) is 0 Å². The summed E-state index contributed by atoms with van der Waals surface area (Å²) in [7, 11) is 1.11. The van der Waals surface area contributed by atoms with Crippen molar-refractivity contribution in [1.29, 1.82) is 0 Å². The van der Waals surface area contributed by atoms with Gasteiger partial charge in [-0.2, -0.15) is 0 Å². The number of nitrogens with zero attached hydrogens (tertiary/aromatic N) is 3. The largest absolute Gasteiger partial charge is 0.465 e. The zero-order valence-corrected chi connectivity index (χ0v) is 14.6. The minimum atomic E-state index is -1.01. The Hall–Kier alpha value is -2.82. The number of ether oxygens (including phenoxy) is 2. The van der Waals surface area contributed by atoms with Crippen molar-refractivity contribution in [3.63, 3.8) is 0 Å². The number of pyridine rings is 1. The molecule has 0 bridgehead atoms. The predicted molar refractivity (Wildman–Crippen MR) is 85.2 cm³/mol. The Morgan fingerprint density at radius 1 is 1.44 bits per heavy atom. The number of carbonyl (C=O) groups is 2. The van der Waals surface area contributed by atoms with E-state index in [0.717, 1.165) is 30.1 Å². The summed E-state index contributed by atoms with van der Waals surface area (Å²) in [6.45, 7) is 1.52. The SMILES string of the molecule is CCOC(=O)c1c(F)c(Br)cn1-c1ncc(C(=O)OC)cc1[N+](=O)[O-]. The Morgan fingerprint density at radius 3 is 2.68 bits per heavy atom. The van der Waals surface area contributed by atoms with Gasteiger partial charge in [0.05, 0.1) is 28.7 Å². The first-order valence-corrected chi connectivity index (χ1v) is 7.57. The van der Waals surface area contributed by atoms with Crippen molar-refractivity contribution in [3.05, 3.63) is 50.1 Å². The molecule has 2 aromatic heterocycles. The molecule has 0 aliphatic carbocycles. The van der Waals surface area contributed by atoms with Gasteiger partial charge in [-0.3, -0.25) is 14.7 Å². The third-order valence-corrected chi connectivity index (χ3v) is 3.62. The highest BCUT2D eigenvalue weighted by atomic mass is 79.9. The van der Waals surface area contributed by atoms with Gasteiger partial charge >= 0.3 is 17.6 Å². The molecule has 132 valence electrons. The van der Waals surface area contributed by atoms with E-state index in [4.69, 9.17) is 4.74 Å². The molecule has 11 heteroatoms. The quantitative estimate of drug-likeness (QED) is 0.418. The molecule has 0 spiro atoms. The summed E-state index contributed by atoms with van der Waals surface area (Å²) in [6.07, 6.45) is 2.13. The van der Waals surface area contributed by atoms with Crippen molar-refractivity contribution in [3.8, 4) is 5.82 Å². The lowest BCUT2D eigenvalue weighted by molar-refractivity contribution is -0.384. The van der Waals surface area contributed by atoms with Gasteiger partial charge in [-0.1, -0.05) is 0 Å². The Bertz CT molecular complexity index is 866. The van der Waals surface area contributed by atoms with Crippen molar-refractivity contribution in [2.24, 2.45) is 0 Å². The molecule has 0 unspecified atom stereocenters. The average molecular weight is 416 g/mol. The molecule has 25 heavy (non-hydrogen) atoms. The van der Waals surface area contributed by atoms with Crippen LogP contribution >= 0.6 is 15.9 Å². The maximum Gasteiger partial charge on any atom is 0.358 e. The van der Waals surface area contributed by atoms with Gasteiger partial charge < -0.3 is 9.47 Å². The van der Waals surface area contributed by atoms with Gasteiger partial charge in [0.25, 0.3) is 0 Å². The van der Waals surface area contributed by atoms with Crippen molar-refractivity contribution < 1.29 is 28.4 Å². The second kappa shape index (κ2) is 7.38. The lowest BCUT2D eigenvalue weighted by atomic mass is 10.2. The number of halogens is 2. The Labute approximate surface area is 148 Å². The van der Waals surface area contributed by atoms with Gasteiger partial charge in [-0.25, -0.2) is 19.0 Å². The maximum absolute atomic E-state index is 14.2. The fourth-order valence-corrected chi connectivity index (χ4v) is 2.40. The summed E-state index contributed by atoms with van der Waals surface area (Å²) in [5.74, 6) is -3.15. The van der Waals surface area contributed by atoms with Crippen LogP contribution in [0.2, 0.25) is 0 Å². The van der Waals surface area contributed by atoms with Gasteiger partial charge in [0.2, 0.25) is 5.82 Å². The lowest BCUT2D eigenvalue weighted by Gasteiger charge is -2.09. The van der Waals surface area contributed by atoms with Crippen LogP contribution in [0, 0.1) is 15.9 Å². The van der Waals surface area contributed by atoms with Crippen LogP contribution in [-0.4, -0.2) is 40.1 Å². The molecule has 0 saturated heterocycles. The van der Waals surface area contributed by atoms with E-state index in [9.17, 15) is 24.1 Å². The van der Waals surface area contributed by atoms with Crippen LogP contribution < -0.4 is 0 Å². The van der Waals surface area contributed by atoms with E-state index in [0.29, 0.717) is 0 Å². The maximum atomic E-state index is 14.2. The molecule has 9 nitrogen and oxygen atoms in total. The third kappa shape index (κ3) is 3.50. The second-order valence-electron chi connectivity index (χ2n) is 4.55. The van der Waals surface area contributed by atoms with Crippen molar-refractivity contribution in [1.82, 2.24) is 9.55 Å². The first-order chi connectivity index (χ1) is 11.8. The van der Waals surface area contributed by atoms with Gasteiger partial charge in [-0.05, 0) is 22.9 Å². The number of nitro groups is 1. The molecule has 2 rings (SSSR count). The number of rotatable bonds is 5. The van der Waals surface area contributed by atoms with Crippen LogP contribution in [0.1, 0.15) is 27.8 Å². The first kappa shape index (κ1) is 18.5. The molecule has 2 heterocycles. The van der Waals surface area contributed by atoms with Gasteiger partial charge in [0.15, 0.2) is 11.5 Å². The molecular formula is C14H11BrFN3O6. The fourth-order valence-electron chi connectivity index (χ4n) is 2.00. The summed E-state index contributed by atoms with van der Waals surface area (Å²) in [5, 5.41) is 11.3. The summed E-state index contributed by atoms with van der Waals surface area (Å²) >= 11 is 2.92. The van der Waals surface area contributed by atoms with E-state index in [1.807, 2.05) is 0 Å². The van der Waals surface area contributed by atoms with Gasteiger partial charge in [0.1, 0.15) is 0 Å². The molecular weight excluding hydrogens is 405 g/mol. The molecule has 0 saturated carbocycles. The number of aromatic nitrogens is 2. The van der Waals surface area contributed by atoms with Crippen LogP contribution in [0.25, 0.3) is 5.82 Å². The fraction of sp³-hybridized carbons (Fsp3) is 0.214. The summed E-state index contributed by atoms with van der Waals surface area (Å²) in [6, 6.07) is 0.926. The molecule has 0 radical (unpaired) electrons. The topological polar surface area (TPSA) is 114 Å².